The van der Waals surface area contributed by atoms with Crippen molar-refractivity contribution in [2.24, 2.45) is 5.10 Å². The van der Waals surface area contributed by atoms with Gasteiger partial charge in [-0.15, -0.1) is 11.3 Å². The number of rotatable bonds is 6. The van der Waals surface area contributed by atoms with Gasteiger partial charge in [0.2, 0.25) is 5.13 Å². The molecule has 168 valence electrons. The zero-order chi connectivity index (χ0) is 23.4. The quantitative estimate of drug-likeness (QED) is 0.324. The normalized spacial score (nSPS) is 11.6. The summed E-state index contributed by atoms with van der Waals surface area (Å²) >= 11 is 0.865. The van der Waals surface area contributed by atoms with Gasteiger partial charge in [0.1, 0.15) is 11.4 Å². The second-order valence-corrected chi connectivity index (χ2v) is 7.52. The first-order valence-corrected chi connectivity index (χ1v) is 10.4. The molecule has 0 saturated carbocycles. The van der Waals surface area contributed by atoms with Crippen molar-refractivity contribution in [2.45, 2.75) is 6.18 Å². The molecule has 0 fully saturated rings. The van der Waals surface area contributed by atoms with Crippen LogP contribution in [0.3, 0.4) is 0 Å². The number of hydrogen-bond acceptors (Lipinski definition) is 6. The molecule has 7 nitrogen and oxygen atoms in total. The molecule has 4 rings (SSSR count). The molecule has 0 spiro atoms. The van der Waals surface area contributed by atoms with Crippen LogP contribution in [0.5, 0.6) is 5.75 Å². The monoisotopic (exact) mass is 471 g/mol. The van der Waals surface area contributed by atoms with Crippen molar-refractivity contribution in [2.75, 3.05) is 7.11 Å². The summed E-state index contributed by atoms with van der Waals surface area (Å²) in [4.78, 5) is 16.4. The zero-order valence-corrected chi connectivity index (χ0v) is 17.9. The fourth-order valence-corrected chi connectivity index (χ4v) is 3.66. The summed E-state index contributed by atoms with van der Waals surface area (Å²) in [5, 5.41) is 9.19. The number of halogens is 3. The zero-order valence-electron chi connectivity index (χ0n) is 17.1. The number of ether oxygens (including phenoxy) is 1. The summed E-state index contributed by atoms with van der Waals surface area (Å²) in [7, 11) is 1.53. The molecule has 4 aromatic rings. The van der Waals surface area contributed by atoms with Gasteiger partial charge in [0.05, 0.1) is 19.0 Å². The number of nitrogens with zero attached hydrogens (tertiary/aromatic N) is 4. The fraction of sp³-hybridized carbons (Fsp3) is 0.0909. The minimum Gasteiger partial charge on any atom is -0.497 e. The fourth-order valence-electron chi connectivity index (χ4n) is 2.89. The Balaban J connectivity index is 1.55. The van der Waals surface area contributed by atoms with Crippen LogP contribution in [-0.4, -0.2) is 34.0 Å². The Hall–Kier alpha value is -3.99. The molecule has 0 unspecified atom stereocenters. The summed E-state index contributed by atoms with van der Waals surface area (Å²) in [5.74, 6) is -0.0374. The first kappa shape index (κ1) is 22.2. The first-order chi connectivity index (χ1) is 15.8. The van der Waals surface area contributed by atoms with Gasteiger partial charge >= 0.3 is 6.18 Å². The average molecular weight is 471 g/mol. The molecule has 0 aliphatic rings. The number of methoxy groups -OCH3 is 1. The number of benzene rings is 2. The van der Waals surface area contributed by atoms with Crippen molar-refractivity contribution in [3.63, 3.8) is 0 Å². The van der Waals surface area contributed by atoms with Crippen molar-refractivity contribution < 1.29 is 22.7 Å². The highest BCUT2D eigenvalue weighted by Gasteiger charge is 2.37. The van der Waals surface area contributed by atoms with Crippen LogP contribution in [-0.2, 0) is 6.18 Å². The smallest absolute Gasteiger partial charge is 0.433 e. The molecule has 0 bridgehead atoms. The third-order valence-electron chi connectivity index (χ3n) is 4.45. The molecule has 1 amide bonds. The van der Waals surface area contributed by atoms with Crippen LogP contribution in [0.2, 0.25) is 0 Å². The van der Waals surface area contributed by atoms with E-state index in [1.807, 2.05) is 0 Å². The summed E-state index contributed by atoms with van der Waals surface area (Å²) in [6, 6.07) is 16.5. The standard InChI is InChI=1S/C22H16F3N5O2S/c1-32-16-9-5-6-14(10-16)12-26-28-20(31)18-13-33-21(27-18)30-19(22(23,24)25)11-17(29-30)15-7-3-2-4-8-15/h2-13H,1H3,(H,28,31)/b26-12+. The Morgan fingerprint density at radius 2 is 1.94 bits per heavy atom. The summed E-state index contributed by atoms with van der Waals surface area (Å²) in [6.45, 7) is 0. The van der Waals surface area contributed by atoms with Gasteiger partial charge in [-0.1, -0.05) is 42.5 Å². The van der Waals surface area contributed by atoms with Crippen molar-refractivity contribution in [1.82, 2.24) is 20.2 Å². The van der Waals surface area contributed by atoms with E-state index >= 15 is 0 Å². The van der Waals surface area contributed by atoms with Gasteiger partial charge < -0.3 is 4.74 Å². The SMILES string of the molecule is COc1cccc(/C=N/NC(=O)c2csc(-n3nc(-c4ccccc4)cc3C(F)(F)F)n2)c1. The lowest BCUT2D eigenvalue weighted by Crippen LogP contribution is -2.18. The minimum absolute atomic E-state index is 0.0809. The number of carbonyl (C=O) groups excluding carboxylic acids is 1. The van der Waals surface area contributed by atoms with Crippen LogP contribution in [0.25, 0.3) is 16.4 Å². The predicted molar refractivity (Wildman–Crippen MR) is 118 cm³/mol. The molecule has 0 radical (unpaired) electrons. The minimum atomic E-state index is -4.66. The lowest BCUT2D eigenvalue weighted by Gasteiger charge is -2.06. The average Bonchev–Trinajstić information content (AvgIpc) is 3.47. The maximum absolute atomic E-state index is 13.6. The number of hydrogen-bond donors (Lipinski definition) is 1. The van der Waals surface area contributed by atoms with Crippen LogP contribution in [0.1, 0.15) is 21.7 Å². The van der Waals surface area contributed by atoms with Gasteiger partial charge in [-0.2, -0.15) is 23.4 Å². The van der Waals surface area contributed by atoms with Gasteiger partial charge in [0.15, 0.2) is 5.69 Å². The number of carbonyl (C=O) groups is 1. The summed E-state index contributed by atoms with van der Waals surface area (Å²) in [6.07, 6.45) is -3.25. The third kappa shape index (κ3) is 5.09. The maximum atomic E-state index is 13.6. The van der Waals surface area contributed by atoms with Crippen LogP contribution < -0.4 is 10.2 Å². The molecule has 2 heterocycles. The molecule has 0 atom stereocenters. The van der Waals surface area contributed by atoms with Crippen molar-refractivity contribution in [3.05, 3.63) is 83.0 Å². The topological polar surface area (TPSA) is 81.4 Å². The van der Waals surface area contributed by atoms with Crippen LogP contribution >= 0.6 is 11.3 Å². The molecule has 0 saturated heterocycles. The highest BCUT2D eigenvalue weighted by Crippen LogP contribution is 2.34. The third-order valence-corrected chi connectivity index (χ3v) is 5.26. The molecular formula is C22H16F3N5O2S. The molecule has 2 aromatic heterocycles. The van der Waals surface area contributed by atoms with Crippen LogP contribution in [0.4, 0.5) is 13.2 Å². The Morgan fingerprint density at radius 3 is 2.67 bits per heavy atom. The van der Waals surface area contributed by atoms with Crippen LogP contribution in [0, 0.1) is 0 Å². The second-order valence-electron chi connectivity index (χ2n) is 6.68. The molecule has 33 heavy (non-hydrogen) atoms. The van der Waals surface area contributed by atoms with E-state index in [0.717, 1.165) is 17.4 Å². The molecule has 11 heteroatoms. The van der Waals surface area contributed by atoms with E-state index in [-0.39, 0.29) is 16.5 Å². The van der Waals surface area contributed by atoms with E-state index in [9.17, 15) is 18.0 Å². The van der Waals surface area contributed by atoms with Gasteiger partial charge in [-0.3, -0.25) is 4.79 Å². The van der Waals surface area contributed by atoms with Gasteiger partial charge in [0.25, 0.3) is 5.91 Å². The van der Waals surface area contributed by atoms with Gasteiger partial charge in [-0.05, 0) is 23.8 Å². The number of alkyl halides is 3. The van der Waals surface area contributed by atoms with Crippen molar-refractivity contribution in [1.29, 1.82) is 0 Å². The van der Waals surface area contributed by atoms with Crippen molar-refractivity contribution >= 4 is 23.5 Å². The molecule has 1 N–H and O–H groups in total. The first-order valence-electron chi connectivity index (χ1n) is 9.51. The van der Waals surface area contributed by atoms with Gasteiger partial charge in [-0.25, -0.2) is 15.1 Å². The molecule has 2 aromatic carbocycles. The Morgan fingerprint density at radius 1 is 1.15 bits per heavy atom. The van der Waals surface area contributed by atoms with Gasteiger partial charge in [0, 0.05) is 10.9 Å². The lowest BCUT2D eigenvalue weighted by atomic mass is 10.1. The van der Waals surface area contributed by atoms with E-state index in [0.29, 0.717) is 21.6 Å². The Bertz CT molecular complexity index is 1300. The highest BCUT2D eigenvalue weighted by molar-refractivity contribution is 7.12. The number of hydrazone groups is 1. The number of amides is 1. The number of nitrogens with one attached hydrogen (secondary N) is 1. The largest absolute Gasteiger partial charge is 0.497 e. The molecular weight excluding hydrogens is 455 g/mol. The predicted octanol–water partition coefficient (Wildman–Crippen LogP) is 4.79. The van der Waals surface area contributed by atoms with Crippen LogP contribution in [0.15, 0.2) is 71.1 Å². The van der Waals surface area contributed by atoms with E-state index in [1.165, 1.54) is 18.7 Å². The maximum Gasteiger partial charge on any atom is 0.433 e. The Labute approximate surface area is 190 Å². The summed E-state index contributed by atoms with van der Waals surface area (Å²) < 4.78 is 46.7. The van der Waals surface area contributed by atoms with E-state index in [1.54, 1.807) is 54.6 Å². The van der Waals surface area contributed by atoms with Crippen molar-refractivity contribution in [3.8, 4) is 22.1 Å². The molecule has 0 aliphatic heterocycles. The van der Waals surface area contributed by atoms with E-state index in [4.69, 9.17) is 4.74 Å². The lowest BCUT2D eigenvalue weighted by molar-refractivity contribution is -0.142. The Kier molecular flexibility index (Phi) is 6.22. The highest BCUT2D eigenvalue weighted by atomic mass is 32.1. The molecule has 0 aliphatic carbocycles. The van der Waals surface area contributed by atoms with E-state index in [2.05, 4.69) is 20.6 Å². The number of aromatic nitrogens is 3. The summed E-state index contributed by atoms with van der Waals surface area (Å²) in [5.41, 5.74) is 2.60. The van der Waals surface area contributed by atoms with E-state index < -0.39 is 17.8 Å². The number of thiazole rings is 1. The second kappa shape index (κ2) is 9.25.